The molecule has 0 heterocycles. The molecule has 0 nitrogen and oxygen atoms in total. The Morgan fingerprint density at radius 3 is 2.00 bits per heavy atom. The van der Waals surface area contributed by atoms with E-state index in [0.29, 0.717) is 0 Å². The van der Waals surface area contributed by atoms with Gasteiger partial charge in [0.15, 0.2) is 0 Å². The van der Waals surface area contributed by atoms with Crippen molar-refractivity contribution in [2.45, 2.75) is 39.0 Å². The summed E-state index contributed by atoms with van der Waals surface area (Å²) in [5, 5.41) is 0. The van der Waals surface area contributed by atoms with Crippen LogP contribution in [0, 0.1) is 53.2 Å². The van der Waals surface area contributed by atoms with E-state index in [-0.39, 0.29) is 5.89 Å². The fourth-order valence-corrected chi connectivity index (χ4v) is 7.01. The Balaban J connectivity index is 1.71. The van der Waals surface area contributed by atoms with E-state index < -0.39 is 0 Å². The zero-order chi connectivity index (χ0) is 10.7. The predicted molar refractivity (Wildman–Crippen MR) is 60.2 cm³/mol. The van der Waals surface area contributed by atoms with Gasteiger partial charge in [0.2, 0.25) is 0 Å². The zero-order valence-corrected chi connectivity index (χ0v) is 9.65. The van der Waals surface area contributed by atoms with Crippen molar-refractivity contribution in [3.63, 3.8) is 0 Å². The second-order valence-corrected chi connectivity index (χ2v) is 7.33. The molecule has 7 rings (SSSR count). The number of hydrogen-bond donors (Lipinski definition) is 0. The summed E-state index contributed by atoms with van der Waals surface area (Å²) in [4.78, 5) is 0. The summed E-state index contributed by atoms with van der Waals surface area (Å²) in [6, 6.07) is 0. The molecule has 8 bridgehead atoms. The third-order valence-corrected chi connectivity index (χ3v) is 7.22. The number of rotatable bonds is 0. The van der Waals surface area contributed by atoms with Gasteiger partial charge in [0, 0.05) is 1.37 Å². The summed E-state index contributed by atoms with van der Waals surface area (Å²) >= 11 is 0. The van der Waals surface area contributed by atoms with Crippen LogP contribution in [0.3, 0.4) is 0 Å². The van der Waals surface area contributed by atoms with Crippen molar-refractivity contribution in [2.75, 3.05) is 0 Å². The van der Waals surface area contributed by atoms with Gasteiger partial charge in [0.05, 0.1) is 0 Å². The summed E-state index contributed by atoms with van der Waals surface area (Å²) in [6.07, 6.45) is 7.46. The first-order chi connectivity index (χ1) is 7.66. The van der Waals surface area contributed by atoms with E-state index in [1.807, 2.05) is 0 Å². The van der Waals surface area contributed by atoms with Gasteiger partial charge >= 0.3 is 0 Å². The lowest BCUT2D eigenvalue weighted by Gasteiger charge is -2.71. The van der Waals surface area contributed by atoms with E-state index in [1.54, 1.807) is 6.42 Å². The van der Waals surface area contributed by atoms with E-state index in [2.05, 4.69) is 6.92 Å². The first-order valence-corrected chi connectivity index (χ1v) is 7.16. The molecule has 0 aromatic carbocycles. The molecule has 15 heavy (non-hydrogen) atoms. The Hall–Kier alpha value is 0. The summed E-state index contributed by atoms with van der Waals surface area (Å²) < 4.78 is 8.83. The van der Waals surface area contributed by atoms with Gasteiger partial charge in [-0.3, -0.25) is 0 Å². The van der Waals surface area contributed by atoms with Gasteiger partial charge in [-0.2, -0.15) is 0 Å². The van der Waals surface area contributed by atoms with Crippen LogP contribution < -0.4 is 0 Å². The average molecular weight is 203 g/mol. The minimum absolute atomic E-state index is 0.0460. The molecule has 0 aliphatic heterocycles. The molecule has 7 fully saturated rings. The van der Waals surface area contributed by atoms with Crippen LogP contribution in [-0.4, -0.2) is 0 Å². The first-order valence-electron chi connectivity index (χ1n) is 7.66. The van der Waals surface area contributed by atoms with E-state index in [9.17, 15) is 0 Å². The number of hydrogen-bond acceptors (Lipinski definition) is 0. The van der Waals surface area contributed by atoms with Crippen LogP contribution in [0.2, 0.25) is 0 Å². The lowest BCUT2D eigenvalue weighted by molar-refractivity contribution is -0.226. The van der Waals surface area contributed by atoms with Crippen LogP contribution in [0.4, 0.5) is 0 Å². The summed E-state index contributed by atoms with van der Waals surface area (Å²) in [5.41, 5.74) is 0. The molecule has 82 valence electrons. The molecule has 5 atom stereocenters. The average Bonchev–Trinajstić information content (AvgIpc) is 2.25. The molecule has 4 unspecified atom stereocenters. The summed E-state index contributed by atoms with van der Waals surface area (Å²) in [7, 11) is 0. The molecule has 7 saturated carbocycles. The normalized spacial score (nSPS) is 78.9. The maximum absolute atomic E-state index is 8.83. The molecular formula is C15H22. The molecule has 7 aliphatic rings. The third kappa shape index (κ3) is 0.746. The van der Waals surface area contributed by atoms with Crippen LogP contribution in [0.1, 0.15) is 40.4 Å². The van der Waals surface area contributed by atoms with Crippen molar-refractivity contribution < 1.29 is 1.37 Å². The third-order valence-electron chi connectivity index (χ3n) is 7.22. The van der Waals surface area contributed by atoms with Gasteiger partial charge in [-0.25, -0.2) is 0 Å². The predicted octanol–water partition coefficient (Wildman–Crippen LogP) is 3.57. The largest absolute Gasteiger partial charge is 0.0620 e. The fourth-order valence-electron chi connectivity index (χ4n) is 7.01. The van der Waals surface area contributed by atoms with Gasteiger partial charge in [-0.05, 0) is 85.3 Å². The maximum Gasteiger partial charge on any atom is 0.0306 e. The topological polar surface area (TPSA) is 0 Å². The lowest BCUT2D eigenvalue weighted by atomic mass is 9.34. The van der Waals surface area contributed by atoms with E-state index in [0.717, 1.165) is 47.3 Å². The van der Waals surface area contributed by atoms with Gasteiger partial charge < -0.3 is 0 Å². The summed E-state index contributed by atoms with van der Waals surface area (Å²) in [5.74, 6) is 7.83. The molecule has 0 saturated heterocycles. The van der Waals surface area contributed by atoms with Crippen molar-refractivity contribution in [3.8, 4) is 0 Å². The zero-order valence-electron chi connectivity index (χ0n) is 10.7. The van der Waals surface area contributed by atoms with E-state index in [1.165, 1.54) is 25.7 Å². The molecule has 0 aromatic heterocycles. The highest BCUT2D eigenvalue weighted by Gasteiger charge is 2.65. The molecule has 0 heteroatoms. The van der Waals surface area contributed by atoms with Crippen molar-refractivity contribution in [1.82, 2.24) is 0 Å². The van der Waals surface area contributed by atoms with Crippen LogP contribution >= 0.6 is 0 Å². The highest BCUT2D eigenvalue weighted by molar-refractivity contribution is 5.13. The second-order valence-electron chi connectivity index (χ2n) is 7.33. The van der Waals surface area contributed by atoms with Crippen molar-refractivity contribution in [1.29, 1.82) is 0 Å². The van der Waals surface area contributed by atoms with Gasteiger partial charge in [0.25, 0.3) is 0 Å². The lowest BCUT2D eigenvalue weighted by Crippen LogP contribution is -2.64. The molecule has 0 spiro atoms. The molecule has 7 aliphatic carbocycles. The maximum atomic E-state index is 8.83. The molecular weight excluding hydrogens is 180 g/mol. The standard InChI is InChI=1S/C15H22/c1-7-9-5-11-10-2-8-3-13(11)15(7)14(4-8)12(10)6-9/h7-15H,2-6H2,1H3/t7-,8?,9?,10?,11?,12?,13?,14?,15?/m1/s1/i7D. The highest BCUT2D eigenvalue weighted by atomic mass is 14.7. The Morgan fingerprint density at radius 2 is 1.33 bits per heavy atom. The van der Waals surface area contributed by atoms with Gasteiger partial charge in [0.1, 0.15) is 0 Å². The first kappa shape index (κ1) is 7.35. The Morgan fingerprint density at radius 1 is 0.800 bits per heavy atom. The Bertz CT molecular complexity index is 336. The molecule has 0 radical (unpaired) electrons. The minimum atomic E-state index is -0.0460. The van der Waals surface area contributed by atoms with Crippen LogP contribution in [0.15, 0.2) is 0 Å². The SMILES string of the molecule is [2H][C@@]1(C)C2CC3C4CC5CC3C1C(C5)C4C2. The van der Waals surface area contributed by atoms with E-state index in [4.69, 9.17) is 1.37 Å². The second kappa shape index (κ2) is 2.31. The molecule has 0 aromatic rings. The van der Waals surface area contributed by atoms with Crippen molar-refractivity contribution in [3.05, 3.63) is 0 Å². The van der Waals surface area contributed by atoms with Crippen LogP contribution in [-0.2, 0) is 0 Å². The highest BCUT2D eigenvalue weighted by Crippen LogP contribution is 2.72. The van der Waals surface area contributed by atoms with Crippen molar-refractivity contribution in [2.24, 2.45) is 53.2 Å². The van der Waals surface area contributed by atoms with Gasteiger partial charge in [-0.1, -0.05) is 6.92 Å². The van der Waals surface area contributed by atoms with Crippen molar-refractivity contribution >= 4 is 0 Å². The summed E-state index contributed by atoms with van der Waals surface area (Å²) in [6.45, 7) is 2.29. The van der Waals surface area contributed by atoms with Crippen LogP contribution in [0.25, 0.3) is 0 Å². The van der Waals surface area contributed by atoms with Crippen LogP contribution in [0.5, 0.6) is 0 Å². The monoisotopic (exact) mass is 203 g/mol. The quantitative estimate of drug-likeness (QED) is 0.564. The van der Waals surface area contributed by atoms with E-state index >= 15 is 0 Å². The smallest absolute Gasteiger partial charge is 0.0306 e. The Kier molecular flexibility index (Phi) is 1.13. The molecule has 0 N–H and O–H groups in total. The van der Waals surface area contributed by atoms with Gasteiger partial charge in [-0.15, -0.1) is 0 Å². The molecule has 0 amide bonds. The fraction of sp³-hybridized carbons (Fsp3) is 1.00. The minimum Gasteiger partial charge on any atom is -0.0620 e. The Labute approximate surface area is 94.2 Å².